The summed E-state index contributed by atoms with van der Waals surface area (Å²) in [6.45, 7) is 7.33. The molecule has 0 saturated heterocycles. The number of rotatable bonds is 2. The van der Waals surface area contributed by atoms with Crippen molar-refractivity contribution in [2.24, 2.45) is 0 Å². The second kappa shape index (κ2) is 4.42. The second-order valence-electron chi connectivity index (χ2n) is 3.11. The van der Waals surface area contributed by atoms with Gasteiger partial charge in [0.1, 0.15) is 0 Å². The van der Waals surface area contributed by atoms with Gasteiger partial charge in [0.05, 0.1) is 0 Å². The third kappa shape index (κ3) is 2.45. The molecule has 0 heterocycles. The van der Waals surface area contributed by atoms with Gasteiger partial charge in [-0.25, -0.2) is 0 Å². The summed E-state index contributed by atoms with van der Waals surface area (Å²) in [5.74, 6) is -0.185. The number of amides is 1. The normalized spacial score (nSPS) is 9.64. The van der Waals surface area contributed by atoms with Crippen LogP contribution in [0.25, 0.3) is 0 Å². The first-order valence-electron chi connectivity index (χ1n) is 4.24. The molecule has 0 aromatic heterocycles. The van der Waals surface area contributed by atoms with E-state index in [1.54, 1.807) is 0 Å². The van der Waals surface area contributed by atoms with Crippen molar-refractivity contribution in [3.8, 4) is 0 Å². The van der Waals surface area contributed by atoms with Crippen LogP contribution in [0.1, 0.15) is 11.1 Å². The van der Waals surface area contributed by atoms with Gasteiger partial charge < -0.3 is 5.32 Å². The summed E-state index contributed by atoms with van der Waals surface area (Å²) >= 11 is 3.43. The molecule has 0 atom stereocenters. The van der Waals surface area contributed by atoms with Crippen molar-refractivity contribution in [1.82, 2.24) is 0 Å². The lowest BCUT2D eigenvalue weighted by molar-refractivity contribution is -0.111. The summed E-state index contributed by atoms with van der Waals surface area (Å²) in [4.78, 5) is 11.1. The number of aryl methyl sites for hydroxylation is 2. The lowest BCUT2D eigenvalue weighted by atomic mass is 10.1. The van der Waals surface area contributed by atoms with Crippen LogP contribution in [-0.4, -0.2) is 5.91 Å². The van der Waals surface area contributed by atoms with Gasteiger partial charge in [-0.2, -0.15) is 0 Å². The molecule has 0 bridgehead atoms. The van der Waals surface area contributed by atoms with E-state index in [-0.39, 0.29) is 5.91 Å². The molecule has 0 radical (unpaired) electrons. The number of benzene rings is 1. The van der Waals surface area contributed by atoms with E-state index in [2.05, 4.69) is 27.8 Å². The van der Waals surface area contributed by atoms with Crippen LogP contribution in [0.15, 0.2) is 29.3 Å². The number of anilines is 1. The van der Waals surface area contributed by atoms with Crippen LogP contribution < -0.4 is 5.32 Å². The third-order valence-electron chi connectivity index (χ3n) is 1.95. The van der Waals surface area contributed by atoms with Gasteiger partial charge in [0.25, 0.3) is 0 Å². The lowest BCUT2D eigenvalue weighted by Crippen LogP contribution is -2.08. The predicted octanol–water partition coefficient (Wildman–Crippen LogP) is 3.19. The molecule has 0 saturated carbocycles. The van der Waals surface area contributed by atoms with Crippen molar-refractivity contribution in [2.45, 2.75) is 13.8 Å². The van der Waals surface area contributed by atoms with Gasteiger partial charge in [-0.1, -0.05) is 22.5 Å². The number of carbonyl (C=O) groups excluding carboxylic acids is 1. The lowest BCUT2D eigenvalue weighted by Gasteiger charge is -2.08. The molecule has 1 amide bonds. The van der Waals surface area contributed by atoms with Crippen LogP contribution in [0, 0.1) is 13.8 Å². The van der Waals surface area contributed by atoms with Gasteiger partial charge in [-0.05, 0) is 43.2 Å². The Hall–Kier alpha value is -1.09. The predicted molar refractivity (Wildman–Crippen MR) is 62.4 cm³/mol. The summed E-state index contributed by atoms with van der Waals surface area (Å²) in [7, 11) is 0. The van der Waals surface area contributed by atoms with Crippen LogP contribution in [0.4, 0.5) is 5.69 Å². The van der Waals surface area contributed by atoms with E-state index in [9.17, 15) is 4.79 Å². The minimum absolute atomic E-state index is 0.185. The molecule has 3 heteroatoms. The summed E-state index contributed by atoms with van der Waals surface area (Å²) in [6, 6.07) is 3.91. The molecule has 14 heavy (non-hydrogen) atoms. The van der Waals surface area contributed by atoms with Crippen LogP contribution >= 0.6 is 15.9 Å². The van der Waals surface area contributed by atoms with Gasteiger partial charge in [0.2, 0.25) is 5.91 Å². The largest absolute Gasteiger partial charge is 0.322 e. The molecule has 74 valence electrons. The SMILES string of the molecule is C=CC(=O)Nc1cc(C)c(Br)cc1C. The highest BCUT2D eigenvalue weighted by Gasteiger charge is 2.04. The molecule has 0 fully saturated rings. The van der Waals surface area contributed by atoms with Gasteiger partial charge >= 0.3 is 0 Å². The Bertz CT molecular complexity index is 385. The van der Waals surface area contributed by atoms with Gasteiger partial charge in [-0.15, -0.1) is 0 Å². The molecule has 0 aliphatic heterocycles. The van der Waals surface area contributed by atoms with E-state index in [1.165, 1.54) is 6.08 Å². The molecule has 2 nitrogen and oxygen atoms in total. The van der Waals surface area contributed by atoms with Crippen molar-refractivity contribution in [2.75, 3.05) is 5.32 Å². The standard InChI is InChI=1S/C11H12BrNO/c1-4-11(14)13-10-6-7(2)9(12)5-8(10)3/h4-6H,1H2,2-3H3,(H,13,14). The third-order valence-corrected chi connectivity index (χ3v) is 2.80. The fourth-order valence-electron chi connectivity index (χ4n) is 1.10. The number of halogens is 1. The molecule has 0 aliphatic carbocycles. The van der Waals surface area contributed by atoms with E-state index in [1.807, 2.05) is 26.0 Å². The van der Waals surface area contributed by atoms with E-state index in [0.717, 1.165) is 21.3 Å². The molecule has 1 N–H and O–H groups in total. The molecule has 1 rings (SSSR count). The van der Waals surface area contributed by atoms with E-state index < -0.39 is 0 Å². The number of hydrogen-bond acceptors (Lipinski definition) is 1. The first-order valence-corrected chi connectivity index (χ1v) is 5.04. The van der Waals surface area contributed by atoms with Crippen LogP contribution in [0.3, 0.4) is 0 Å². The van der Waals surface area contributed by atoms with Crippen molar-refractivity contribution in [1.29, 1.82) is 0 Å². The second-order valence-corrected chi connectivity index (χ2v) is 3.96. The van der Waals surface area contributed by atoms with Crippen molar-refractivity contribution in [3.05, 3.63) is 40.4 Å². The van der Waals surface area contributed by atoms with Crippen molar-refractivity contribution < 1.29 is 4.79 Å². The minimum Gasteiger partial charge on any atom is -0.322 e. The van der Waals surface area contributed by atoms with Gasteiger partial charge in [0, 0.05) is 10.2 Å². The van der Waals surface area contributed by atoms with E-state index >= 15 is 0 Å². The average molecular weight is 254 g/mol. The minimum atomic E-state index is -0.185. The maximum absolute atomic E-state index is 11.1. The zero-order chi connectivity index (χ0) is 10.7. The first kappa shape index (κ1) is 11.0. The molecular formula is C11H12BrNO. The molecule has 0 unspecified atom stereocenters. The topological polar surface area (TPSA) is 29.1 Å². The van der Waals surface area contributed by atoms with Crippen LogP contribution in [0.2, 0.25) is 0 Å². The summed E-state index contributed by atoms with van der Waals surface area (Å²) in [5, 5.41) is 2.75. The molecule has 1 aromatic carbocycles. The fraction of sp³-hybridized carbons (Fsp3) is 0.182. The Morgan fingerprint density at radius 1 is 1.43 bits per heavy atom. The highest BCUT2D eigenvalue weighted by molar-refractivity contribution is 9.10. The zero-order valence-electron chi connectivity index (χ0n) is 8.23. The smallest absolute Gasteiger partial charge is 0.247 e. The van der Waals surface area contributed by atoms with Crippen LogP contribution in [0.5, 0.6) is 0 Å². The Labute approximate surface area is 92.1 Å². The Kier molecular flexibility index (Phi) is 3.47. The first-order chi connectivity index (χ1) is 6.54. The van der Waals surface area contributed by atoms with Gasteiger partial charge in [-0.3, -0.25) is 4.79 Å². The highest BCUT2D eigenvalue weighted by atomic mass is 79.9. The van der Waals surface area contributed by atoms with Crippen molar-refractivity contribution in [3.63, 3.8) is 0 Å². The monoisotopic (exact) mass is 253 g/mol. The van der Waals surface area contributed by atoms with Gasteiger partial charge in [0.15, 0.2) is 0 Å². The maximum Gasteiger partial charge on any atom is 0.247 e. The van der Waals surface area contributed by atoms with Crippen LogP contribution in [-0.2, 0) is 4.79 Å². The summed E-state index contributed by atoms with van der Waals surface area (Å²) in [6.07, 6.45) is 1.26. The maximum atomic E-state index is 11.1. The summed E-state index contributed by atoms with van der Waals surface area (Å²) in [5.41, 5.74) is 2.95. The van der Waals surface area contributed by atoms with E-state index in [4.69, 9.17) is 0 Å². The molecule has 1 aromatic rings. The Morgan fingerprint density at radius 2 is 2.07 bits per heavy atom. The molecule has 0 spiro atoms. The van der Waals surface area contributed by atoms with E-state index in [0.29, 0.717) is 0 Å². The average Bonchev–Trinajstić information content (AvgIpc) is 2.14. The molecule has 0 aliphatic rings. The Balaban J connectivity index is 3.03. The highest BCUT2D eigenvalue weighted by Crippen LogP contribution is 2.24. The summed E-state index contributed by atoms with van der Waals surface area (Å²) < 4.78 is 1.05. The quantitative estimate of drug-likeness (QED) is 0.807. The Morgan fingerprint density at radius 3 is 2.64 bits per heavy atom. The zero-order valence-corrected chi connectivity index (χ0v) is 9.81. The number of hydrogen-bond donors (Lipinski definition) is 1. The number of carbonyl (C=O) groups is 1. The van der Waals surface area contributed by atoms with Crippen molar-refractivity contribution >= 4 is 27.5 Å². The molecular weight excluding hydrogens is 242 g/mol. The fourth-order valence-corrected chi connectivity index (χ4v) is 1.56. The number of nitrogens with one attached hydrogen (secondary N) is 1.